The first-order valence-electron chi connectivity index (χ1n) is 5.41. The lowest BCUT2D eigenvalue weighted by Gasteiger charge is -2.10. The first-order chi connectivity index (χ1) is 8.16. The summed E-state index contributed by atoms with van der Waals surface area (Å²) in [6, 6.07) is 7.12. The van der Waals surface area contributed by atoms with Gasteiger partial charge in [-0.2, -0.15) is 0 Å². The maximum Gasteiger partial charge on any atom is 0.331 e. The fourth-order valence-electron chi connectivity index (χ4n) is 1.88. The number of halogens is 1. The molecule has 0 unspecified atom stereocenters. The maximum absolute atomic E-state index is 12.0. The zero-order valence-corrected chi connectivity index (χ0v) is 10.3. The predicted octanol–water partition coefficient (Wildman–Crippen LogP) is 1.33. The summed E-state index contributed by atoms with van der Waals surface area (Å²) in [5.41, 5.74) is 0.122. The Bertz CT molecular complexity index is 658. The van der Waals surface area contributed by atoms with Crippen LogP contribution in [0.4, 0.5) is 0 Å². The van der Waals surface area contributed by atoms with Crippen molar-refractivity contribution in [3.63, 3.8) is 0 Å². The van der Waals surface area contributed by atoms with Crippen LogP contribution in [-0.4, -0.2) is 15.0 Å². The number of para-hydroxylation sites is 1. The number of nitrogens with zero attached hydrogens (tertiary/aromatic N) is 2. The van der Waals surface area contributed by atoms with E-state index in [0.717, 1.165) is 4.57 Å². The molecule has 2 rings (SSSR count). The van der Waals surface area contributed by atoms with Crippen molar-refractivity contribution < 1.29 is 0 Å². The summed E-state index contributed by atoms with van der Waals surface area (Å²) in [4.78, 5) is 23.9. The van der Waals surface area contributed by atoms with Crippen molar-refractivity contribution in [3.05, 3.63) is 45.1 Å². The zero-order chi connectivity index (χ0) is 12.4. The molecule has 0 aliphatic heterocycles. The first-order valence-corrected chi connectivity index (χ1v) is 5.95. The van der Waals surface area contributed by atoms with Crippen LogP contribution in [0.2, 0.25) is 0 Å². The highest BCUT2D eigenvalue weighted by atomic mass is 35.5. The van der Waals surface area contributed by atoms with Crippen LogP contribution >= 0.6 is 11.6 Å². The van der Waals surface area contributed by atoms with Crippen molar-refractivity contribution in [1.29, 1.82) is 0 Å². The fourth-order valence-corrected chi connectivity index (χ4v) is 2.00. The van der Waals surface area contributed by atoms with E-state index < -0.39 is 0 Å². The zero-order valence-electron chi connectivity index (χ0n) is 9.52. The second-order valence-corrected chi connectivity index (χ2v) is 4.24. The third-order valence-corrected chi connectivity index (χ3v) is 3.03. The highest BCUT2D eigenvalue weighted by Gasteiger charge is 2.09. The van der Waals surface area contributed by atoms with Gasteiger partial charge in [-0.05, 0) is 18.6 Å². The van der Waals surface area contributed by atoms with Crippen LogP contribution in [-0.2, 0) is 13.6 Å². The fraction of sp³-hybridized carbons (Fsp3) is 0.333. The second-order valence-electron chi connectivity index (χ2n) is 3.86. The van der Waals surface area contributed by atoms with Gasteiger partial charge in [0, 0.05) is 19.5 Å². The van der Waals surface area contributed by atoms with Crippen LogP contribution in [0.25, 0.3) is 10.9 Å². The first kappa shape index (κ1) is 11.9. The van der Waals surface area contributed by atoms with Crippen molar-refractivity contribution in [2.45, 2.75) is 13.0 Å². The Morgan fingerprint density at radius 2 is 1.94 bits per heavy atom. The molecule has 0 aliphatic rings. The Balaban J connectivity index is 2.81. The number of benzene rings is 1. The SMILES string of the molecule is Cn1c(=O)c2ccccc2n(CCCCl)c1=O. The van der Waals surface area contributed by atoms with Crippen molar-refractivity contribution in [2.24, 2.45) is 7.05 Å². The molecule has 1 aromatic heterocycles. The molecule has 0 radical (unpaired) electrons. The van der Waals surface area contributed by atoms with E-state index in [2.05, 4.69) is 0 Å². The van der Waals surface area contributed by atoms with Gasteiger partial charge in [-0.25, -0.2) is 4.79 Å². The van der Waals surface area contributed by atoms with Gasteiger partial charge >= 0.3 is 5.69 Å². The summed E-state index contributed by atoms with van der Waals surface area (Å²) in [5.74, 6) is 0.490. The highest BCUT2D eigenvalue weighted by Crippen LogP contribution is 2.07. The third kappa shape index (κ3) is 2.00. The quantitative estimate of drug-likeness (QED) is 0.774. The lowest BCUT2D eigenvalue weighted by Crippen LogP contribution is -2.38. The highest BCUT2D eigenvalue weighted by molar-refractivity contribution is 6.17. The van der Waals surface area contributed by atoms with E-state index in [1.165, 1.54) is 7.05 Å². The molecule has 1 aromatic carbocycles. The largest absolute Gasteiger partial charge is 0.331 e. The van der Waals surface area contributed by atoms with E-state index in [1.54, 1.807) is 22.8 Å². The molecule has 0 fully saturated rings. The van der Waals surface area contributed by atoms with Gasteiger partial charge in [-0.3, -0.25) is 13.9 Å². The molecule has 17 heavy (non-hydrogen) atoms. The lowest BCUT2D eigenvalue weighted by atomic mass is 10.2. The van der Waals surface area contributed by atoms with Crippen molar-refractivity contribution in [3.8, 4) is 0 Å². The summed E-state index contributed by atoms with van der Waals surface area (Å²) in [5, 5.41) is 0.559. The predicted molar refractivity (Wildman–Crippen MR) is 68.8 cm³/mol. The van der Waals surface area contributed by atoms with E-state index in [1.807, 2.05) is 6.07 Å². The average molecular weight is 253 g/mol. The molecule has 2 aromatic rings. The van der Waals surface area contributed by atoms with Crippen LogP contribution in [0.3, 0.4) is 0 Å². The Hall–Kier alpha value is -1.55. The molecular formula is C12H13ClN2O2. The van der Waals surface area contributed by atoms with Crippen molar-refractivity contribution >= 4 is 22.5 Å². The number of rotatable bonds is 3. The van der Waals surface area contributed by atoms with Crippen LogP contribution in [0.5, 0.6) is 0 Å². The number of aromatic nitrogens is 2. The Labute approximate surface area is 103 Å². The van der Waals surface area contributed by atoms with Gasteiger partial charge in [0.25, 0.3) is 5.56 Å². The molecule has 4 nitrogen and oxygen atoms in total. The van der Waals surface area contributed by atoms with Gasteiger partial charge in [-0.1, -0.05) is 12.1 Å². The van der Waals surface area contributed by atoms with Gasteiger partial charge in [0.15, 0.2) is 0 Å². The van der Waals surface area contributed by atoms with Crippen LogP contribution in [0.15, 0.2) is 33.9 Å². The summed E-state index contributed by atoms with van der Waals surface area (Å²) in [6.45, 7) is 0.525. The van der Waals surface area contributed by atoms with E-state index in [-0.39, 0.29) is 11.2 Å². The number of fused-ring (bicyclic) bond motifs is 1. The molecular weight excluding hydrogens is 240 g/mol. The molecule has 0 atom stereocenters. The molecule has 0 N–H and O–H groups in total. The smallest absolute Gasteiger partial charge is 0.293 e. The molecule has 5 heteroatoms. The van der Waals surface area contributed by atoms with Gasteiger partial charge < -0.3 is 0 Å². The van der Waals surface area contributed by atoms with Crippen molar-refractivity contribution in [1.82, 2.24) is 9.13 Å². The maximum atomic E-state index is 12.0. The van der Waals surface area contributed by atoms with E-state index in [9.17, 15) is 9.59 Å². The van der Waals surface area contributed by atoms with Crippen LogP contribution in [0.1, 0.15) is 6.42 Å². The van der Waals surface area contributed by atoms with Crippen molar-refractivity contribution in [2.75, 3.05) is 5.88 Å². The molecule has 0 saturated heterocycles. The second kappa shape index (κ2) is 4.75. The number of aryl methyl sites for hydroxylation is 1. The summed E-state index contributed by atoms with van der Waals surface area (Å²) in [7, 11) is 1.49. The topological polar surface area (TPSA) is 44.0 Å². The summed E-state index contributed by atoms with van der Waals surface area (Å²) < 4.78 is 2.73. The molecule has 0 saturated carbocycles. The molecule has 90 valence electrons. The molecule has 0 amide bonds. The molecule has 0 aliphatic carbocycles. The monoisotopic (exact) mass is 252 g/mol. The summed E-state index contributed by atoms with van der Waals surface area (Å²) in [6.07, 6.45) is 0.698. The number of hydrogen-bond acceptors (Lipinski definition) is 2. The Morgan fingerprint density at radius 1 is 1.24 bits per heavy atom. The van der Waals surface area contributed by atoms with Gasteiger partial charge in [0.1, 0.15) is 0 Å². The minimum Gasteiger partial charge on any atom is -0.293 e. The van der Waals surface area contributed by atoms with Gasteiger partial charge in [0.05, 0.1) is 10.9 Å². The number of alkyl halides is 1. The molecule has 0 bridgehead atoms. The molecule has 0 spiro atoms. The normalized spacial score (nSPS) is 10.9. The van der Waals surface area contributed by atoms with Gasteiger partial charge in [-0.15, -0.1) is 11.6 Å². The number of hydrogen-bond donors (Lipinski definition) is 0. The summed E-state index contributed by atoms with van der Waals surface area (Å²) >= 11 is 5.64. The minimum atomic E-state index is -0.293. The van der Waals surface area contributed by atoms with Gasteiger partial charge in [0.2, 0.25) is 0 Å². The van der Waals surface area contributed by atoms with Crippen LogP contribution < -0.4 is 11.2 Å². The third-order valence-electron chi connectivity index (χ3n) is 2.76. The Morgan fingerprint density at radius 3 is 2.65 bits per heavy atom. The minimum absolute atomic E-state index is 0.257. The lowest BCUT2D eigenvalue weighted by molar-refractivity contribution is 0.617. The average Bonchev–Trinajstić information content (AvgIpc) is 2.36. The van der Waals surface area contributed by atoms with E-state index >= 15 is 0 Å². The standard InChI is InChI=1S/C12H13ClN2O2/c1-14-11(16)9-5-2-3-6-10(9)15(12(14)17)8-4-7-13/h2-3,5-6H,4,7-8H2,1H3. The Kier molecular flexibility index (Phi) is 3.33. The molecule has 1 heterocycles. The van der Waals surface area contributed by atoms with E-state index in [0.29, 0.717) is 29.7 Å². The van der Waals surface area contributed by atoms with Crippen LogP contribution in [0, 0.1) is 0 Å². The van der Waals surface area contributed by atoms with E-state index in [4.69, 9.17) is 11.6 Å².